The van der Waals surface area contributed by atoms with Crippen LogP contribution in [0.2, 0.25) is 0 Å². The second-order valence-electron chi connectivity index (χ2n) is 5.16. The first-order valence-corrected chi connectivity index (χ1v) is 6.96. The Labute approximate surface area is 131 Å². The Morgan fingerprint density at radius 2 is 2.09 bits per heavy atom. The molecular formula is C16H17NO6. The largest absolute Gasteiger partial charge is 0.497 e. The van der Waals surface area contributed by atoms with E-state index in [4.69, 9.17) is 14.3 Å². The maximum absolute atomic E-state index is 12.1. The number of rotatable bonds is 5. The molecule has 0 bridgehead atoms. The number of nitrogens with one attached hydrogen (secondary N) is 1. The molecule has 1 atom stereocenters. The van der Waals surface area contributed by atoms with Crippen LogP contribution in [-0.2, 0) is 16.0 Å². The van der Waals surface area contributed by atoms with E-state index < -0.39 is 23.5 Å². The summed E-state index contributed by atoms with van der Waals surface area (Å²) in [4.78, 5) is 34.7. The zero-order chi connectivity index (χ0) is 17.1. The fourth-order valence-electron chi connectivity index (χ4n) is 2.22. The maximum atomic E-state index is 12.1. The Morgan fingerprint density at radius 1 is 1.39 bits per heavy atom. The van der Waals surface area contributed by atoms with E-state index in [1.807, 2.05) is 0 Å². The number of hydrogen-bond donors (Lipinski definition) is 2. The van der Waals surface area contributed by atoms with Crippen molar-refractivity contribution in [1.29, 1.82) is 0 Å². The van der Waals surface area contributed by atoms with Crippen LogP contribution in [-0.4, -0.2) is 30.1 Å². The molecule has 1 aromatic carbocycles. The predicted octanol–water partition coefficient (Wildman–Crippen LogP) is 1.24. The van der Waals surface area contributed by atoms with Crippen LogP contribution in [0.3, 0.4) is 0 Å². The molecule has 0 radical (unpaired) electrons. The highest BCUT2D eigenvalue weighted by Crippen LogP contribution is 2.24. The Balaban J connectivity index is 2.36. The van der Waals surface area contributed by atoms with Crippen molar-refractivity contribution in [2.75, 3.05) is 7.11 Å². The third-order valence-electron chi connectivity index (χ3n) is 3.58. The standard InChI is InChI=1S/C16H17NO6/c1-8-11-5-4-10(22-3)6-13(11)23-16(21)12(8)7-14(18)17-9(2)15(19)20/h4-6,9H,7H2,1-3H3,(H,17,18)(H,19,20)/t9-/m1/s1. The number of ether oxygens (including phenoxy) is 1. The average Bonchev–Trinajstić information content (AvgIpc) is 2.50. The van der Waals surface area contributed by atoms with E-state index in [2.05, 4.69) is 5.32 Å². The number of methoxy groups -OCH3 is 1. The summed E-state index contributed by atoms with van der Waals surface area (Å²) < 4.78 is 10.3. The molecule has 0 saturated heterocycles. The molecule has 1 aromatic heterocycles. The van der Waals surface area contributed by atoms with Gasteiger partial charge in [0.1, 0.15) is 17.4 Å². The van der Waals surface area contributed by atoms with Crippen LogP contribution in [0.5, 0.6) is 5.75 Å². The summed E-state index contributed by atoms with van der Waals surface area (Å²) in [7, 11) is 1.51. The minimum absolute atomic E-state index is 0.206. The summed E-state index contributed by atoms with van der Waals surface area (Å²) in [6, 6.07) is 4.04. The van der Waals surface area contributed by atoms with E-state index in [9.17, 15) is 14.4 Å². The van der Waals surface area contributed by atoms with Crippen LogP contribution in [0, 0.1) is 6.92 Å². The molecule has 7 heteroatoms. The molecule has 23 heavy (non-hydrogen) atoms. The van der Waals surface area contributed by atoms with Crippen LogP contribution < -0.4 is 15.7 Å². The molecule has 122 valence electrons. The molecule has 0 fully saturated rings. The van der Waals surface area contributed by atoms with Gasteiger partial charge in [-0.05, 0) is 31.5 Å². The van der Waals surface area contributed by atoms with Crippen LogP contribution >= 0.6 is 0 Å². The SMILES string of the molecule is COc1ccc2c(C)c(CC(=O)N[C@H](C)C(=O)O)c(=O)oc2c1. The first kappa shape index (κ1) is 16.5. The zero-order valence-corrected chi connectivity index (χ0v) is 13.0. The molecule has 0 aliphatic heterocycles. The van der Waals surface area contributed by atoms with Gasteiger partial charge in [-0.15, -0.1) is 0 Å². The Hall–Kier alpha value is -2.83. The van der Waals surface area contributed by atoms with E-state index in [1.165, 1.54) is 14.0 Å². The van der Waals surface area contributed by atoms with Crippen LogP contribution in [0.25, 0.3) is 11.0 Å². The lowest BCUT2D eigenvalue weighted by molar-refractivity contribution is -0.141. The summed E-state index contributed by atoms with van der Waals surface area (Å²) in [5.74, 6) is -1.14. The van der Waals surface area contributed by atoms with Gasteiger partial charge < -0.3 is 19.6 Å². The molecule has 0 spiro atoms. The van der Waals surface area contributed by atoms with Crippen molar-refractivity contribution in [3.63, 3.8) is 0 Å². The first-order chi connectivity index (χ1) is 10.8. The molecule has 2 N–H and O–H groups in total. The molecule has 7 nitrogen and oxygen atoms in total. The molecule has 0 saturated carbocycles. The van der Waals surface area contributed by atoms with Crippen molar-refractivity contribution in [3.8, 4) is 5.75 Å². The molecule has 0 aliphatic carbocycles. The van der Waals surface area contributed by atoms with Crippen LogP contribution in [0.15, 0.2) is 27.4 Å². The van der Waals surface area contributed by atoms with Gasteiger partial charge in [0, 0.05) is 11.5 Å². The Bertz CT molecular complexity index is 823. The van der Waals surface area contributed by atoms with Crippen LogP contribution in [0.1, 0.15) is 18.1 Å². The van der Waals surface area contributed by atoms with Crippen molar-refractivity contribution in [2.45, 2.75) is 26.3 Å². The number of hydrogen-bond acceptors (Lipinski definition) is 5. The fraction of sp³-hybridized carbons (Fsp3) is 0.312. The van der Waals surface area contributed by atoms with Gasteiger partial charge in [0.2, 0.25) is 5.91 Å². The number of aliphatic carboxylic acids is 1. The number of aryl methyl sites for hydroxylation is 1. The molecular weight excluding hydrogens is 302 g/mol. The Kier molecular flexibility index (Phi) is 4.68. The molecule has 0 aliphatic rings. The number of carbonyl (C=O) groups is 2. The highest BCUT2D eigenvalue weighted by atomic mass is 16.5. The summed E-state index contributed by atoms with van der Waals surface area (Å²) in [5, 5.41) is 11.8. The van der Waals surface area contributed by atoms with Gasteiger partial charge in [0.05, 0.1) is 19.1 Å². The average molecular weight is 319 g/mol. The zero-order valence-electron chi connectivity index (χ0n) is 13.0. The third kappa shape index (κ3) is 3.50. The summed E-state index contributed by atoms with van der Waals surface area (Å²) in [6.45, 7) is 3.07. The number of benzene rings is 1. The van der Waals surface area contributed by atoms with Gasteiger partial charge in [-0.25, -0.2) is 4.79 Å². The lowest BCUT2D eigenvalue weighted by Crippen LogP contribution is -2.39. The van der Waals surface area contributed by atoms with E-state index in [0.29, 0.717) is 22.3 Å². The maximum Gasteiger partial charge on any atom is 0.340 e. The van der Waals surface area contributed by atoms with Crippen molar-refractivity contribution in [2.24, 2.45) is 0 Å². The minimum atomic E-state index is -1.15. The number of carbonyl (C=O) groups excluding carboxylic acids is 1. The third-order valence-corrected chi connectivity index (χ3v) is 3.58. The number of carboxylic acid groups (broad SMARTS) is 1. The highest BCUT2D eigenvalue weighted by molar-refractivity contribution is 5.87. The fourth-order valence-corrected chi connectivity index (χ4v) is 2.22. The van der Waals surface area contributed by atoms with E-state index in [-0.39, 0.29) is 12.0 Å². The number of fused-ring (bicyclic) bond motifs is 1. The normalized spacial score (nSPS) is 12.0. The molecule has 2 aromatic rings. The predicted molar refractivity (Wildman–Crippen MR) is 82.7 cm³/mol. The smallest absolute Gasteiger partial charge is 0.340 e. The molecule has 0 unspecified atom stereocenters. The van der Waals surface area contributed by atoms with Crippen LogP contribution in [0.4, 0.5) is 0 Å². The number of carboxylic acids is 1. The highest BCUT2D eigenvalue weighted by Gasteiger charge is 2.18. The second-order valence-corrected chi connectivity index (χ2v) is 5.16. The van der Waals surface area contributed by atoms with E-state index in [1.54, 1.807) is 25.1 Å². The lowest BCUT2D eigenvalue weighted by Gasteiger charge is -2.11. The summed E-state index contributed by atoms with van der Waals surface area (Å²) >= 11 is 0. The minimum Gasteiger partial charge on any atom is -0.497 e. The number of amides is 1. The lowest BCUT2D eigenvalue weighted by atomic mass is 10.0. The summed E-state index contributed by atoms with van der Waals surface area (Å²) in [6.07, 6.45) is -0.242. The van der Waals surface area contributed by atoms with Crippen molar-refractivity contribution < 1.29 is 23.8 Å². The first-order valence-electron chi connectivity index (χ1n) is 6.96. The van der Waals surface area contributed by atoms with Gasteiger partial charge in [-0.2, -0.15) is 0 Å². The van der Waals surface area contributed by atoms with Gasteiger partial charge >= 0.3 is 11.6 Å². The topological polar surface area (TPSA) is 106 Å². The monoisotopic (exact) mass is 319 g/mol. The summed E-state index contributed by atoms with van der Waals surface area (Å²) in [5.41, 5.74) is 0.575. The van der Waals surface area contributed by atoms with Gasteiger partial charge in [0.25, 0.3) is 0 Å². The molecule has 1 amide bonds. The van der Waals surface area contributed by atoms with Crippen molar-refractivity contribution >= 4 is 22.8 Å². The second kappa shape index (κ2) is 6.51. The quantitative estimate of drug-likeness (QED) is 0.803. The van der Waals surface area contributed by atoms with Gasteiger partial charge in [-0.1, -0.05) is 0 Å². The van der Waals surface area contributed by atoms with E-state index >= 15 is 0 Å². The van der Waals surface area contributed by atoms with Gasteiger partial charge in [0.15, 0.2) is 0 Å². The molecule has 2 rings (SSSR count). The Morgan fingerprint density at radius 3 is 2.70 bits per heavy atom. The molecule has 1 heterocycles. The van der Waals surface area contributed by atoms with Gasteiger partial charge in [-0.3, -0.25) is 9.59 Å². The van der Waals surface area contributed by atoms with Crippen molar-refractivity contribution in [3.05, 3.63) is 39.7 Å². The van der Waals surface area contributed by atoms with E-state index in [0.717, 1.165) is 0 Å². The van der Waals surface area contributed by atoms with Crippen molar-refractivity contribution in [1.82, 2.24) is 5.32 Å².